The topological polar surface area (TPSA) is 25.4 Å². The molecule has 16 heavy (non-hydrogen) atoms. The molecule has 5 heteroatoms. The Hall–Kier alpha value is -0.0700. The Morgan fingerprint density at radius 3 is 3.00 bits per heavy atom. The van der Waals surface area contributed by atoms with Gasteiger partial charge in [0.15, 0.2) is 0 Å². The number of aromatic nitrogens is 1. The average Bonchev–Trinajstić information content (AvgIpc) is 2.26. The fourth-order valence-corrected chi connectivity index (χ4v) is 2.63. The summed E-state index contributed by atoms with van der Waals surface area (Å²) < 4.78 is 6.57. The molecule has 88 valence electrons. The van der Waals surface area contributed by atoms with Crippen LogP contribution in [0.25, 0.3) is 0 Å². The SMILES string of the molecule is Cc1c(I)cc(N2CCOCC2C)nc1Cl. The van der Waals surface area contributed by atoms with Gasteiger partial charge in [-0.1, -0.05) is 11.6 Å². The van der Waals surface area contributed by atoms with E-state index in [2.05, 4.69) is 45.5 Å². The lowest BCUT2D eigenvalue weighted by Crippen LogP contribution is -2.44. The Balaban J connectivity index is 2.32. The van der Waals surface area contributed by atoms with Crippen molar-refractivity contribution in [1.82, 2.24) is 4.98 Å². The van der Waals surface area contributed by atoms with Gasteiger partial charge < -0.3 is 9.64 Å². The minimum absolute atomic E-state index is 0.357. The predicted octanol–water partition coefficient (Wildman–Crippen LogP) is 2.87. The summed E-state index contributed by atoms with van der Waals surface area (Å²) in [5, 5.41) is 0.598. The molecule has 0 bridgehead atoms. The van der Waals surface area contributed by atoms with Gasteiger partial charge in [-0.3, -0.25) is 0 Å². The molecule has 1 atom stereocenters. The van der Waals surface area contributed by atoms with Gasteiger partial charge in [0.1, 0.15) is 11.0 Å². The highest BCUT2D eigenvalue weighted by molar-refractivity contribution is 14.1. The van der Waals surface area contributed by atoms with Crippen LogP contribution in [0.4, 0.5) is 5.82 Å². The van der Waals surface area contributed by atoms with Crippen LogP contribution in [0.2, 0.25) is 5.15 Å². The number of hydrogen-bond donors (Lipinski definition) is 0. The second-order valence-electron chi connectivity index (χ2n) is 4.00. The highest BCUT2D eigenvalue weighted by atomic mass is 127. The van der Waals surface area contributed by atoms with Crippen molar-refractivity contribution in [3.63, 3.8) is 0 Å². The quantitative estimate of drug-likeness (QED) is 0.574. The van der Waals surface area contributed by atoms with E-state index in [1.54, 1.807) is 0 Å². The minimum atomic E-state index is 0.357. The third-order valence-electron chi connectivity index (χ3n) is 2.80. The predicted molar refractivity (Wildman–Crippen MR) is 74.3 cm³/mol. The molecule has 0 aliphatic carbocycles. The molecule has 1 aliphatic rings. The van der Waals surface area contributed by atoms with E-state index in [1.807, 2.05) is 6.92 Å². The van der Waals surface area contributed by atoms with Gasteiger partial charge in [-0.25, -0.2) is 4.98 Å². The van der Waals surface area contributed by atoms with Crippen molar-refractivity contribution in [2.24, 2.45) is 0 Å². The summed E-state index contributed by atoms with van der Waals surface area (Å²) in [6, 6.07) is 2.44. The standard InChI is InChI=1S/C11H14ClIN2O/c1-7-6-16-4-3-15(7)10-5-9(13)8(2)11(12)14-10/h5,7H,3-4,6H2,1-2H3. The summed E-state index contributed by atoms with van der Waals surface area (Å²) in [4.78, 5) is 6.69. The number of anilines is 1. The number of pyridine rings is 1. The zero-order valence-electron chi connectivity index (χ0n) is 9.33. The molecule has 1 saturated heterocycles. The highest BCUT2D eigenvalue weighted by Gasteiger charge is 2.21. The normalized spacial score (nSPS) is 21.2. The van der Waals surface area contributed by atoms with E-state index < -0.39 is 0 Å². The first kappa shape index (κ1) is 12.4. The zero-order chi connectivity index (χ0) is 11.7. The largest absolute Gasteiger partial charge is 0.377 e. The second kappa shape index (κ2) is 5.06. The van der Waals surface area contributed by atoms with Crippen molar-refractivity contribution >= 4 is 40.0 Å². The molecule has 0 N–H and O–H groups in total. The fraction of sp³-hybridized carbons (Fsp3) is 0.545. The highest BCUT2D eigenvalue weighted by Crippen LogP contribution is 2.26. The number of ether oxygens (including phenoxy) is 1. The molecule has 0 saturated carbocycles. The van der Waals surface area contributed by atoms with Gasteiger partial charge in [0.25, 0.3) is 0 Å². The molecule has 2 rings (SSSR count). The van der Waals surface area contributed by atoms with Crippen LogP contribution < -0.4 is 4.90 Å². The first-order valence-corrected chi connectivity index (χ1v) is 6.72. The Morgan fingerprint density at radius 2 is 2.38 bits per heavy atom. The molecule has 2 heterocycles. The molecule has 1 fully saturated rings. The molecule has 1 aromatic rings. The zero-order valence-corrected chi connectivity index (χ0v) is 12.2. The van der Waals surface area contributed by atoms with E-state index in [4.69, 9.17) is 16.3 Å². The van der Waals surface area contributed by atoms with Gasteiger partial charge in [-0.15, -0.1) is 0 Å². The first-order chi connectivity index (χ1) is 7.59. The Labute approximate surface area is 114 Å². The van der Waals surface area contributed by atoms with Gasteiger partial charge >= 0.3 is 0 Å². The van der Waals surface area contributed by atoms with Crippen LogP contribution in [0.15, 0.2) is 6.07 Å². The van der Waals surface area contributed by atoms with Crippen molar-refractivity contribution < 1.29 is 4.74 Å². The van der Waals surface area contributed by atoms with Crippen LogP contribution in [-0.4, -0.2) is 30.8 Å². The Kier molecular flexibility index (Phi) is 3.92. The van der Waals surface area contributed by atoms with Crippen molar-refractivity contribution in [3.05, 3.63) is 20.4 Å². The lowest BCUT2D eigenvalue weighted by molar-refractivity contribution is 0.0985. The first-order valence-electron chi connectivity index (χ1n) is 5.26. The van der Waals surface area contributed by atoms with Crippen molar-refractivity contribution in [3.8, 4) is 0 Å². The fourth-order valence-electron chi connectivity index (χ4n) is 1.75. The van der Waals surface area contributed by atoms with E-state index in [0.717, 1.165) is 34.7 Å². The minimum Gasteiger partial charge on any atom is -0.377 e. The monoisotopic (exact) mass is 352 g/mol. The van der Waals surface area contributed by atoms with E-state index in [0.29, 0.717) is 11.2 Å². The third-order valence-corrected chi connectivity index (χ3v) is 4.29. The van der Waals surface area contributed by atoms with Crippen LogP contribution in [0.3, 0.4) is 0 Å². The maximum atomic E-state index is 6.11. The van der Waals surface area contributed by atoms with Crippen molar-refractivity contribution in [1.29, 1.82) is 0 Å². The van der Waals surface area contributed by atoms with Crippen LogP contribution >= 0.6 is 34.2 Å². The lowest BCUT2D eigenvalue weighted by atomic mass is 10.2. The Bertz CT molecular complexity index is 377. The number of nitrogens with zero attached hydrogens (tertiary/aromatic N) is 2. The van der Waals surface area contributed by atoms with Gasteiger partial charge in [0, 0.05) is 10.1 Å². The molecule has 0 amide bonds. The number of halogens is 2. The molecule has 3 nitrogen and oxygen atoms in total. The summed E-state index contributed by atoms with van der Waals surface area (Å²) in [5.41, 5.74) is 1.05. The van der Waals surface area contributed by atoms with Gasteiger partial charge in [-0.05, 0) is 48.1 Å². The number of hydrogen-bond acceptors (Lipinski definition) is 3. The summed E-state index contributed by atoms with van der Waals surface area (Å²) >= 11 is 8.41. The van der Waals surface area contributed by atoms with E-state index in [1.165, 1.54) is 0 Å². The van der Waals surface area contributed by atoms with Crippen LogP contribution in [0.1, 0.15) is 12.5 Å². The van der Waals surface area contributed by atoms with Crippen LogP contribution in [0, 0.1) is 10.5 Å². The summed E-state index contributed by atoms with van der Waals surface area (Å²) in [6.07, 6.45) is 0. The molecule has 1 aliphatic heterocycles. The summed E-state index contributed by atoms with van der Waals surface area (Å²) in [7, 11) is 0. The maximum absolute atomic E-state index is 6.11. The summed E-state index contributed by atoms with van der Waals surface area (Å²) in [6.45, 7) is 6.52. The van der Waals surface area contributed by atoms with Gasteiger partial charge in [0.05, 0.1) is 19.3 Å². The van der Waals surface area contributed by atoms with E-state index >= 15 is 0 Å². The molecule has 0 radical (unpaired) electrons. The molecule has 1 aromatic heterocycles. The molecule has 0 spiro atoms. The average molecular weight is 353 g/mol. The Morgan fingerprint density at radius 1 is 1.62 bits per heavy atom. The lowest BCUT2D eigenvalue weighted by Gasteiger charge is -2.34. The number of morpholine rings is 1. The second-order valence-corrected chi connectivity index (χ2v) is 5.52. The van der Waals surface area contributed by atoms with Crippen LogP contribution in [0.5, 0.6) is 0 Å². The van der Waals surface area contributed by atoms with Crippen molar-refractivity contribution in [2.75, 3.05) is 24.7 Å². The molecular weight excluding hydrogens is 338 g/mol. The number of rotatable bonds is 1. The van der Waals surface area contributed by atoms with Crippen molar-refractivity contribution in [2.45, 2.75) is 19.9 Å². The smallest absolute Gasteiger partial charge is 0.135 e. The van der Waals surface area contributed by atoms with Crippen LogP contribution in [-0.2, 0) is 4.74 Å². The molecular formula is C11H14ClIN2O. The maximum Gasteiger partial charge on any atom is 0.135 e. The molecule has 0 aromatic carbocycles. The van der Waals surface area contributed by atoms with E-state index in [-0.39, 0.29) is 0 Å². The van der Waals surface area contributed by atoms with Gasteiger partial charge in [0.2, 0.25) is 0 Å². The molecule has 1 unspecified atom stereocenters. The van der Waals surface area contributed by atoms with Gasteiger partial charge in [-0.2, -0.15) is 0 Å². The van der Waals surface area contributed by atoms with E-state index in [9.17, 15) is 0 Å². The third kappa shape index (κ3) is 2.43. The summed E-state index contributed by atoms with van der Waals surface area (Å²) in [5.74, 6) is 0.954.